The normalized spacial score (nSPS) is 11.7. The standard InChI is InChI=1S/C22H21ClN2S/c1-15-8-11-18(12-9-15)21(17-6-4-3-5-7-17)25-22(26)24-19-13-10-16(2)20(23)14-19/h3-14,21H,1-2H3,(H2,24,25,26)/t21-/m1/s1. The van der Waals surface area contributed by atoms with Gasteiger partial charge in [0.05, 0.1) is 6.04 Å². The molecule has 3 aromatic rings. The molecule has 0 aromatic heterocycles. The van der Waals surface area contributed by atoms with Gasteiger partial charge in [0.15, 0.2) is 5.11 Å². The maximum atomic E-state index is 6.21. The first kappa shape index (κ1) is 18.4. The highest BCUT2D eigenvalue weighted by Crippen LogP contribution is 2.24. The summed E-state index contributed by atoms with van der Waals surface area (Å²) < 4.78 is 0. The van der Waals surface area contributed by atoms with Crippen LogP contribution < -0.4 is 10.6 Å². The van der Waals surface area contributed by atoms with Crippen LogP contribution in [-0.2, 0) is 0 Å². The molecule has 0 aliphatic rings. The predicted octanol–water partition coefficient (Wildman–Crippen LogP) is 6.03. The summed E-state index contributed by atoms with van der Waals surface area (Å²) in [6, 6.07) is 24.6. The first-order valence-corrected chi connectivity index (χ1v) is 9.27. The Kier molecular flexibility index (Phi) is 5.92. The van der Waals surface area contributed by atoms with E-state index < -0.39 is 0 Å². The molecule has 0 heterocycles. The van der Waals surface area contributed by atoms with E-state index in [0.29, 0.717) is 5.11 Å². The smallest absolute Gasteiger partial charge is 0.171 e. The number of hydrogen-bond donors (Lipinski definition) is 2. The molecule has 2 N–H and O–H groups in total. The number of nitrogens with one attached hydrogen (secondary N) is 2. The number of thiocarbonyl (C=S) groups is 1. The lowest BCUT2D eigenvalue weighted by Gasteiger charge is -2.22. The molecule has 0 bridgehead atoms. The Morgan fingerprint density at radius 1 is 0.885 bits per heavy atom. The Balaban J connectivity index is 1.82. The molecule has 4 heteroatoms. The zero-order chi connectivity index (χ0) is 18.5. The van der Waals surface area contributed by atoms with Crippen LogP contribution in [0.15, 0.2) is 72.8 Å². The quantitative estimate of drug-likeness (QED) is 0.540. The molecule has 0 saturated heterocycles. The highest BCUT2D eigenvalue weighted by molar-refractivity contribution is 7.80. The Bertz CT molecular complexity index is 892. The topological polar surface area (TPSA) is 24.1 Å². The second-order valence-electron chi connectivity index (χ2n) is 6.32. The zero-order valence-corrected chi connectivity index (χ0v) is 16.4. The van der Waals surface area contributed by atoms with E-state index >= 15 is 0 Å². The van der Waals surface area contributed by atoms with Gasteiger partial charge in [0.1, 0.15) is 0 Å². The second-order valence-corrected chi connectivity index (χ2v) is 7.13. The lowest BCUT2D eigenvalue weighted by molar-refractivity contribution is 0.768. The molecule has 0 fully saturated rings. The number of rotatable bonds is 4. The van der Waals surface area contributed by atoms with E-state index in [1.165, 1.54) is 5.56 Å². The van der Waals surface area contributed by atoms with Crippen molar-refractivity contribution in [3.63, 3.8) is 0 Å². The minimum Gasteiger partial charge on any atom is -0.352 e. The molecule has 0 spiro atoms. The number of benzene rings is 3. The van der Waals surface area contributed by atoms with Crippen LogP contribution in [0.5, 0.6) is 0 Å². The summed E-state index contributed by atoms with van der Waals surface area (Å²) in [6.07, 6.45) is 0. The van der Waals surface area contributed by atoms with Gasteiger partial charge in [0, 0.05) is 10.7 Å². The minimum absolute atomic E-state index is 0.0299. The van der Waals surface area contributed by atoms with Gasteiger partial charge in [-0.2, -0.15) is 0 Å². The fourth-order valence-electron chi connectivity index (χ4n) is 2.73. The summed E-state index contributed by atoms with van der Waals surface area (Å²) in [5.41, 5.74) is 5.46. The molecule has 0 aliphatic heterocycles. The van der Waals surface area contributed by atoms with Crippen LogP contribution in [0, 0.1) is 13.8 Å². The van der Waals surface area contributed by atoms with Crippen LogP contribution in [0.2, 0.25) is 5.02 Å². The molecular formula is C22H21ClN2S. The van der Waals surface area contributed by atoms with Gasteiger partial charge in [-0.1, -0.05) is 77.8 Å². The highest BCUT2D eigenvalue weighted by atomic mass is 35.5. The van der Waals surface area contributed by atoms with Gasteiger partial charge < -0.3 is 10.6 Å². The first-order valence-electron chi connectivity index (χ1n) is 8.48. The maximum Gasteiger partial charge on any atom is 0.171 e. The molecule has 26 heavy (non-hydrogen) atoms. The van der Waals surface area contributed by atoms with Crippen LogP contribution in [0.4, 0.5) is 5.69 Å². The van der Waals surface area contributed by atoms with Crippen molar-refractivity contribution in [3.05, 3.63) is 100 Å². The van der Waals surface area contributed by atoms with Crippen molar-refractivity contribution in [2.24, 2.45) is 0 Å². The van der Waals surface area contributed by atoms with Gasteiger partial charge in [-0.15, -0.1) is 0 Å². The first-order chi connectivity index (χ1) is 12.5. The van der Waals surface area contributed by atoms with Crippen LogP contribution in [0.1, 0.15) is 28.3 Å². The van der Waals surface area contributed by atoms with E-state index in [2.05, 4.69) is 54.0 Å². The molecule has 132 valence electrons. The lowest BCUT2D eigenvalue weighted by Crippen LogP contribution is -2.33. The van der Waals surface area contributed by atoms with Crippen molar-refractivity contribution in [1.82, 2.24) is 5.32 Å². The maximum absolute atomic E-state index is 6.21. The summed E-state index contributed by atoms with van der Waals surface area (Å²) in [6.45, 7) is 4.06. The van der Waals surface area contributed by atoms with Gasteiger partial charge in [0.25, 0.3) is 0 Å². The van der Waals surface area contributed by atoms with Crippen LogP contribution in [0.25, 0.3) is 0 Å². The van der Waals surface area contributed by atoms with Gasteiger partial charge in [-0.25, -0.2) is 0 Å². The van der Waals surface area contributed by atoms with E-state index in [9.17, 15) is 0 Å². The second kappa shape index (κ2) is 8.35. The van der Waals surface area contributed by atoms with E-state index in [-0.39, 0.29) is 6.04 Å². The summed E-state index contributed by atoms with van der Waals surface area (Å²) >= 11 is 11.8. The van der Waals surface area contributed by atoms with Gasteiger partial charge in [0.2, 0.25) is 0 Å². The van der Waals surface area contributed by atoms with Crippen molar-refractivity contribution >= 4 is 34.6 Å². The third kappa shape index (κ3) is 4.63. The third-order valence-electron chi connectivity index (χ3n) is 4.25. The molecule has 3 aromatic carbocycles. The fraction of sp³-hybridized carbons (Fsp3) is 0.136. The SMILES string of the molecule is Cc1ccc([C@H](NC(=S)Nc2ccc(C)c(Cl)c2)c2ccccc2)cc1. The van der Waals surface area contributed by atoms with E-state index in [4.69, 9.17) is 23.8 Å². The monoisotopic (exact) mass is 380 g/mol. The molecule has 0 amide bonds. The Labute approximate surface area is 165 Å². The van der Waals surface area contributed by atoms with Crippen molar-refractivity contribution in [2.75, 3.05) is 5.32 Å². The van der Waals surface area contributed by atoms with E-state index in [1.807, 2.05) is 43.3 Å². The van der Waals surface area contributed by atoms with Crippen molar-refractivity contribution in [1.29, 1.82) is 0 Å². The van der Waals surface area contributed by atoms with Crippen molar-refractivity contribution in [2.45, 2.75) is 19.9 Å². The molecule has 0 aliphatic carbocycles. The van der Waals surface area contributed by atoms with Crippen LogP contribution >= 0.6 is 23.8 Å². The molecule has 3 rings (SSSR count). The third-order valence-corrected chi connectivity index (χ3v) is 4.88. The average Bonchev–Trinajstić information content (AvgIpc) is 2.64. The lowest BCUT2D eigenvalue weighted by atomic mass is 9.98. The molecular weight excluding hydrogens is 360 g/mol. The van der Waals surface area contributed by atoms with Gasteiger partial charge in [-0.3, -0.25) is 0 Å². The Hall–Kier alpha value is -2.36. The zero-order valence-electron chi connectivity index (χ0n) is 14.8. The van der Waals surface area contributed by atoms with Crippen LogP contribution in [0.3, 0.4) is 0 Å². The number of anilines is 1. The molecule has 0 radical (unpaired) electrons. The van der Waals surface area contributed by atoms with Gasteiger partial charge in [-0.05, 0) is 54.9 Å². The largest absolute Gasteiger partial charge is 0.352 e. The minimum atomic E-state index is -0.0299. The average molecular weight is 381 g/mol. The highest BCUT2D eigenvalue weighted by Gasteiger charge is 2.15. The summed E-state index contributed by atoms with van der Waals surface area (Å²) in [5.74, 6) is 0. The number of aryl methyl sites for hydroxylation is 2. The van der Waals surface area contributed by atoms with E-state index in [0.717, 1.165) is 27.4 Å². The molecule has 1 atom stereocenters. The summed E-state index contributed by atoms with van der Waals surface area (Å²) in [5, 5.41) is 7.93. The summed E-state index contributed by atoms with van der Waals surface area (Å²) in [7, 11) is 0. The Morgan fingerprint density at radius 2 is 1.54 bits per heavy atom. The Morgan fingerprint density at radius 3 is 2.19 bits per heavy atom. The van der Waals surface area contributed by atoms with Gasteiger partial charge >= 0.3 is 0 Å². The number of hydrogen-bond acceptors (Lipinski definition) is 1. The number of halogens is 1. The molecule has 0 unspecified atom stereocenters. The molecule has 2 nitrogen and oxygen atoms in total. The molecule has 0 saturated carbocycles. The van der Waals surface area contributed by atoms with E-state index in [1.54, 1.807) is 0 Å². The van der Waals surface area contributed by atoms with Crippen molar-refractivity contribution in [3.8, 4) is 0 Å². The predicted molar refractivity (Wildman–Crippen MR) is 115 cm³/mol. The fourth-order valence-corrected chi connectivity index (χ4v) is 3.15. The van der Waals surface area contributed by atoms with Crippen LogP contribution in [-0.4, -0.2) is 5.11 Å². The van der Waals surface area contributed by atoms with Crippen molar-refractivity contribution < 1.29 is 0 Å². The summed E-state index contributed by atoms with van der Waals surface area (Å²) in [4.78, 5) is 0.